The van der Waals surface area contributed by atoms with Gasteiger partial charge in [-0.2, -0.15) is 0 Å². The first kappa shape index (κ1) is 13.2. The minimum absolute atomic E-state index is 0.0812. The van der Waals surface area contributed by atoms with Gasteiger partial charge in [0.25, 0.3) is 5.91 Å². The van der Waals surface area contributed by atoms with E-state index < -0.39 is 0 Å². The first-order valence-corrected chi connectivity index (χ1v) is 6.00. The third kappa shape index (κ3) is 3.31. The zero-order valence-corrected chi connectivity index (χ0v) is 11.1. The average Bonchev–Trinajstić information content (AvgIpc) is 2.57. The van der Waals surface area contributed by atoms with Crippen molar-refractivity contribution in [1.82, 2.24) is 10.3 Å². The normalized spacial score (nSPS) is 12.5. The molecule has 1 N–H and O–H groups in total. The van der Waals surface area contributed by atoms with Crippen LogP contribution in [0.3, 0.4) is 0 Å². The van der Waals surface area contributed by atoms with Gasteiger partial charge in [0, 0.05) is 19.4 Å². The highest BCUT2D eigenvalue weighted by Crippen LogP contribution is 2.09. The maximum Gasteiger partial charge on any atom is 0.289 e. The number of aryl methyl sites for hydroxylation is 2. The standard InChI is InChI=1S/C10H15BrN2O3/c1-6-9(16-7(2)12-6)10(14)13-8(4-11)5-15-3/h8H,4-5H2,1-3H3,(H,13,14). The number of nitrogens with zero attached hydrogens (tertiary/aromatic N) is 1. The second-order valence-electron chi connectivity index (χ2n) is 3.43. The summed E-state index contributed by atoms with van der Waals surface area (Å²) in [5, 5.41) is 3.42. The Morgan fingerprint density at radius 1 is 1.62 bits per heavy atom. The van der Waals surface area contributed by atoms with E-state index in [1.54, 1.807) is 21.0 Å². The van der Waals surface area contributed by atoms with Gasteiger partial charge in [0.2, 0.25) is 5.76 Å². The summed E-state index contributed by atoms with van der Waals surface area (Å²) < 4.78 is 10.2. The summed E-state index contributed by atoms with van der Waals surface area (Å²) >= 11 is 3.30. The van der Waals surface area contributed by atoms with Crippen molar-refractivity contribution in [3.05, 3.63) is 17.3 Å². The van der Waals surface area contributed by atoms with Crippen LogP contribution in [0.25, 0.3) is 0 Å². The fraction of sp³-hybridized carbons (Fsp3) is 0.600. The van der Waals surface area contributed by atoms with Gasteiger partial charge in [-0.25, -0.2) is 4.98 Å². The van der Waals surface area contributed by atoms with Crippen molar-refractivity contribution >= 4 is 21.8 Å². The van der Waals surface area contributed by atoms with Crippen molar-refractivity contribution < 1.29 is 13.9 Å². The van der Waals surface area contributed by atoms with E-state index >= 15 is 0 Å². The fourth-order valence-electron chi connectivity index (χ4n) is 1.32. The molecule has 1 amide bonds. The lowest BCUT2D eigenvalue weighted by atomic mass is 10.3. The van der Waals surface area contributed by atoms with Crippen molar-refractivity contribution in [2.75, 3.05) is 19.0 Å². The molecule has 0 spiro atoms. The second-order valence-corrected chi connectivity index (χ2v) is 4.07. The Balaban J connectivity index is 2.67. The second kappa shape index (κ2) is 6.00. The molecule has 90 valence electrons. The zero-order chi connectivity index (χ0) is 12.1. The van der Waals surface area contributed by atoms with Crippen LogP contribution in [0.15, 0.2) is 4.42 Å². The Labute approximate surface area is 103 Å². The molecule has 0 saturated carbocycles. The number of hydrogen-bond donors (Lipinski definition) is 1. The maximum atomic E-state index is 11.8. The molecule has 1 rings (SSSR count). The molecule has 16 heavy (non-hydrogen) atoms. The van der Waals surface area contributed by atoms with Gasteiger partial charge >= 0.3 is 0 Å². The molecule has 1 unspecified atom stereocenters. The van der Waals surface area contributed by atoms with Gasteiger partial charge in [0.05, 0.1) is 18.3 Å². The van der Waals surface area contributed by atoms with Crippen molar-refractivity contribution in [3.63, 3.8) is 0 Å². The molecule has 1 heterocycles. The minimum atomic E-state index is -0.264. The number of methoxy groups -OCH3 is 1. The smallest absolute Gasteiger partial charge is 0.289 e. The van der Waals surface area contributed by atoms with E-state index in [0.29, 0.717) is 23.5 Å². The molecule has 6 heteroatoms. The van der Waals surface area contributed by atoms with Gasteiger partial charge in [0.15, 0.2) is 5.89 Å². The Kier molecular flexibility index (Phi) is 4.95. The van der Waals surface area contributed by atoms with Crippen LogP contribution < -0.4 is 5.32 Å². The summed E-state index contributed by atoms with van der Waals surface area (Å²) in [7, 11) is 1.59. The number of amides is 1. The number of hydrogen-bond acceptors (Lipinski definition) is 4. The number of halogens is 1. The number of rotatable bonds is 5. The molecule has 1 atom stereocenters. The highest BCUT2D eigenvalue weighted by molar-refractivity contribution is 9.09. The van der Waals surface area contributed by atoms with Crippen LogP contribution in [0.4, 0.5) is 0 Å². The quantitative estimate of drug-likeness (QED) is 0.834. The maximum absolute atomic E-state index is 11.8. The monoisotopic (exact) mass is 290 g/mol. The van der Waals surface area contributed by atoms with Gasteiger partial charge in [-0.3, -0.25) is 4.79 Å². The molecule has 0 fully saturated rings. The van der Waals surface area contributed by atoms with Crippen LogP contribution in [0, 0.1) is 13.8 Å². The molecule has 0 aliphatic rings. The van der Waals surface area contributed by atoms with Crippen LogP contribution in [0.5, 0.6) is 0 Å². The van der Waals surface area contributed by atoms with Crippen LogP contribution in [-0.2, 0) is 4.74 Å². The predicted molar refractivity (Wildman–Crippen MR) is 62.9 cm³/mol. The van der Waals surface area contributed by atoms with Gasteiger partial charge in [-0.05, 0) is 6.92 Å². The van der Waals surface area contributed by atoms with Crippen LogP contribution in [-0.4, -0.2) is 36.0 Å². The highest BCUT2D eigenvalue weighted by atomic mass is 79.9. The molecule has 0 saturated heterocycles. The minimum Gasteiger partial charge on any atom is -0.436 e. The third-order valence-electron chi connectivity index (χ3n) is 2.00. The lowest BCUT2D eigenvalue weighted by molar-refractivity contribution is 0.0878. The van der Waals surface area contributed by atoms with Gasteiger partial charge in [-0.1, -0.05) is 15.9 Å². The lowest BCUT2D eigenvalue weighted by Gasteiger charge is -2.13. The van der Waals surface area contributed by atoms with E-state index in [2.05, 4.69) is 26.2 Å². The van der Waals surface area contributed by atoms with Gasteiger partial charge in [-0.15, -0.1) is 0 Å². The summed E-state index contributed by atoms with van der Waals surface area (Å²) in [6.07, 6.45) is 0. The van der Waals surface area contributed by atoms with Crippen LogP contribution in [0.2, 0.25) is 0 Å². The van der Waals surface area contributed by atoms with Crippen molar-refractivity contribution in [3.8, 4) is 0 Å². The average molecular weight is 291 g/mol. The first-order chi connectivity index (χ1) is 7.58. The van der Waals surface area contributed by atoms with E-state index in [1.807, 2.05) is 0 Å². The van der Waals surface area contributed by atoms with E-state index in [-0.39, 0.29) is 17.7 Å². The van der Waals surface area contributed by atoms with E-state index in [1.165, 1.54) is 0 Å². The lowest BCUT2D eigenvalue weighted by Crippen LogP contribution is -2.39. The Bertz CT molecular complexity index is 365. The van der Waals surface area contributed by atoms with Gasteiger partial charge < -0.3 is 14.5 Å². The molecular formula is C10H15BrN2O3. The molecule has 0 aliphatic carbocycles. The SMILES string of the molecule is COCC(CBr)NC(=O)c1oc(C)nc1C. The topological polar surface area (TPSA) is 64.4 Å². The molecule has 1 aromatic rings. The summed E-state index contributed by atoms with van der Waals surface area (Å²) in [6, 6.07) is -0.0812. The van der Waals surface area contributed by atoms with Crippen LogP contribution in [0.1, 0.15) is 22.1 Å². The number of aromatic nitrogens is 1. The van der Waals surface area contributed by atoms with E-state index in [4.69, 9.17) is 9.15 Å². The number of carbonyl (C=O) groups is 1. The van der Waals surface area contributed by atoms with E-state index in [0.717, 1.165) is 0 Å². The number of nitrogens with one attached hydrogen (secondary N) is 1. The third-order valence-corrected chi connectivity index (χ3v) is 2.78. The number of ether oxygens (including phenoxy) is 1. The number of carbonyl (C=O) groups excluding carboxylic acids is 1. The van der Waals surface area contributed by atoms with Crippen molar-refractivity contribution in [2.45, 2.75) is 19.9 Å². The zero-order valence-electron chi connectivity index (χ0n) is 9.54. The Morgan fingerprint density at radius 3 is 2.75 bits per heavy atom. The summed E-state index contributed by atoms with van der Waals surface area (Å²) in [6.45, 7) is 3.90. The van der Waals surface area contributed by atoms with Crippen LogP contribution >= 0.6 is 15.9 Å². The summed E-state index contributed by atoms with van der Waals surface area (Å²) in [5.74, 6) is 0.490. The Morgan fingerprint density at radius 2 is 2.31 bits per heavy atom. The summed E-state index contributed by atoms with van der Waals surface area (Å²) in [4.78, 5) is 15.8. The van der Waals surface area contributed by atoms with E-state index in [9.17, 15) is 4.79 Å². The molecular weight excluding hydrogens is 276 g/mol. The number of oxazole rings is 1. The molecule has 0 aromatic carbocycles. The molecule has 5 nitrogen and oxygen atoms in total. The van der Waals surface area contributed by atoms with Crippen molar-refractivity contribution in [1.29, 1.82) is 0 Å². The number of alkyl halides is 1. The summed E-state index contributed by atoms with van der Waals surface area (Å²) in [5.41, 5.74) is 0.598. The van der Waals surface area contributed by atoms with Gasteiger partial charge in [0.1, 0.15) is 0 Å². The fourth-order valence-corrected chi connectivity index (χ4v) is 1.67. The van der Waals surface area contributed by atoms with Crippen molar-refractivity contribution in [2.24, 2.45) is 0 Å². The Hall–Kier alpha value is -0.880. The molecule has 0 aliphatic heterocycles. The molecule has 0 bridgehead atoms. The predicted octanol–water partition coefficient (Wildman–Crippen LogP) is 1.43. The molecule has 1 aromatic heterocycles. The largest absolute Gasteiger partial charge is 0.436 e. The first-order valence-electron chi connectivity index (χ1n) is 4.88. The molecule has 0 radical (unpaired) electrons. The highest BCUT2D eigenvalue weighted by Gasteiger charge is 2.18.